The van der Waals surface area contributed by atoms with Gasteiger partial charge in [0.15, 0.2) is 0 Å². The van der Waals surface area contributed by atoms with E-state index in [-0.39, 0.29) is 11.3 Å². The Bertz CT molecular complexity index is 583. The highest BCUT2D eigenvalue weighted by molar-refractivity contribution is 7.89. The van der Waals surface area contributed by atoms with E-state index in [4.69, 9.17) is 0 Å². The van der Waals surface area contributed by atoms with Gasteiger partial charge in [0.1, 0.15) is 0 Å². The van der Waals surface area contributed by atoms with Crippen LogP contribution in [0.5, 0.6) is 0 Å². The number of aryl methyl sites for hydroxylation is 1. The minimum atomic E-state index is -3.22. The smallest absolute Gasteiger partial charge is 0.212 e. The molecular weight excluding hydrogens is 294 g/mol. The molecule has 0 saturated heterocycles. The lowest BCUT2D eigenvalue weighted by atomic mass is 10.1. The van der Waals surface area contributed by atoms with Gasteiger partial charge in [0.2, 0.25) is 10.0 Å². The number of rotatable bonds is 8. The van der Waals surface area contributed by atoms with E-state index in [2.05, 4.69) is 19.1 Å². The van der Waals surface area contributed by atoms with Crippen LogP contribution in [-0.2, 0) is 16.4 Å². The van der Waals surface area contributed by atoms with Crippen LogP contribution in [0.2, 0.25) is 0 Å². The van der Waals surface area contributed by atoms with Crippen LogP contribution in [0.15, 0.2) is 24.3 Å². The van der Waals surface area contributed by atoms with E-state index in [0.29, 0.717) is 0 Å². The summed E-state index contributed by atoms with van der Waals surface area (Å²) in [6.45, 7) is 4.03. The SMILES string of the molecule is CCCCCCC(C)S(=O)(=O)N(C)C1CCc2ccccc21. The summed E-state index contributed by atoms with van der Waals surface area (Å²) >= 11 is 0. The molecule has 1 aromatic carbocycles. The molecule has 0 spiro atoms. The third-order valence-electron chi connectivity index (χ3n) is 4.91. The van der Waals surface area contributed by atoms with Gasteiger partial charge in [0, 0.05) is 13.1 Å². The lowest BCUT2D eigenvalue weighted by Crippen LogP contribution is -2.36. The fourth-order valence-electron chi connectivity index (χ4n) is 3.38. The van der Waals surface area contributed by atoms with Gasteiger partial charge >= 0.3 is 0 Å². The van der Waals surface area contributed by atoms with Gasteiger partial charge in [-0.25, -0.2) is 8.42 Å². The van der Waals surface area contributed by atoms with Crippen LogP contribution in [0.3, 0.4) is 0 Å². The van der Waals surface area contributed by atoms with Gasteiger partial charge in [0.25, 0.3) is 0 Å². The first-order valence-corrected chi connectivity index (χ1v) is 10.0. The molecule has 3 nitrogen and oxygen atoms in total. The Labute approximate surface area is 135 Å². The van der Waals surface area contributed by atoms with Crippen molar-refractivity contribution in [2.45, 2.75) is 70.1 Å². The normalized spacial score (nSPS) is 19.4. The molecule has 2 unspecified atom stereocenters. The monoisotopic (exact) mass is 323 g/mol. The zero-order valence-electron chi connectivity index (χ0n) is 14.1. The maximum Gasteiger partial charge on any atom is 0.217 e. The largest absolute Gasteiger partial charge is 0.217 e. The third-order valence-corrected chi connectivity index (χ3v) is 7.22. The Morgan fingerprint density at radius 3 is 2.68 bits per heavy atom. The van der Waals surface area contributed by atoms with Gasteiger partial charge in [-0.05, 0) is 37.3 Å². The number of unbranched alkanes of at least 4 members (excludes halogenated alkanes) is 3. The van der Waals surface area contributed by atoms with Gasteiger partial charge in [-0.1, -0.05) is 56.9 Å². The second-order valence-electron chi connectivity index (χ2n) is 6.47. The van der Waals surface area contributed by atoms with Gasteiger partial charge in [0.05, 0.1) is 5.25 Å². The average Bonchev–Trinajstić information content (AvgIpc) is 2.94. The molecule has 0 bridgehead atoms. The quantitative estimate of drug-likeness (QED) is 0.669. The summed E-state index contributed by atoms with van der Waals surface area (Å²) in [5.74, 6) is 0. The van der Waals surface area contributed by atoms with Crippen molar-refractivity contribution in [1.29, 1.82) is 0 Å². The number of benzene rings is 1. The summed E-state index contributed by atoms with van der Waals surface area (Å²) in [6, 6.07) is 8.24. The average molecular weight is 324 g/mol. The van der Waals surface area contributed by atoms with Crippen molar-refractivity contribution in [3.8, 4) is 0 Å². The summed E-state index contributed by atoms with van der Waals surface area (Å²) in [5, 5.41) is -0.290. The van der Waals surface area contributed by atoms with Crippen LogP contribution in [0, 0.1) is 0 Å². The number of sulfonamides is 1. The first kappa shape index (κ1) is 17.5. The minimum absolute atomic E-state index is 0.0132. The molecule has 1 aliphatic rings. The molecule has 0 aromatic heterocycles. The Balaban J connectivity index is 2.03. The van der Waals surface area contributed by atoms with E-state index in [0.717, 1.165) is 32.1 Å². The summed E-state index contributed by atoms with van der Waals surface area (Å²) in [6.07, 6.45) is 7.15. The molecule has 2 atom stereocenters. The summed E-state index contributed by atoms with van der Waals surface area (Å²) in [4.78, 5) is 0. The molecule has 0 heterocycles. The van der Waals surface area contributed by atoms with Crippen LogP contribution in [0.1, 0.15) is 69.5 Å². The zero-order chi connectivity index (χ0) is 16.2. The lowest BCUT2D eigenvalue weighted by molar-refractivity contribution is 0.367. The Morgan fingerprint density at radius 1 is 1.23 bits per heavy atom. The second kappa shape index (κ2) is 7.60. The molecule has 1 aliphatic carbocycles. The first-order chi connectivity index (χ1) is 10.5. The number of fused-ring (bicyclic) bond motifs is 1. The highest BCUT2D eigenvalue weighted by Crippen LogP contribution is 2.37. The van der Waals surface area contributed by atoms with Crippen LogP contribution >= 0.6 is 0 Å². The molecule has 0 fully saturated rings. The maximum absolute atomic E-state index is 12.8. The predicted octanol–water partition coefficient (Wildman–Crippen LogP) is 4.29. The summed E-state index contributed by atoms with van der Waals surface area (Å²) in [7, 11) is -1.46. The molecule has 22 heavy (non-hydrogen) atoms. The topological polar surface area (TPSA) is 37.4 Å². The van der Waals surface area contributed by atoms with Crippen molar-refractivity contribution in [3.63, 3.8) is 0 Å². The molecule has 4 heteroatoms. The van der Waals surface area contributed by atoms with Crippen LogP contribution in [0.4, 0.5) is 0 Å². The van der Waals surface area contributed by atoms with Crippen molar-refractivity contribution in [3.05, 3.63) is 35.4 Å². The van der Waals surface area contributed by atoms with Gasteiger partial charge in [-0.15, -0.1) is 0 Å². The van der Waals surface area contributed by atoms with E-state index in [1.807, 2.05) is 19.1 Å². The predicted molar refractivity (Wildman–Crippen MR) is 92.4 cm³/mol. The van der Waals surface area contributed by atoms with Crippen molar-refractivity contribution >= 4 is 10.0 Å². The molecule has 0 N–H and O–H groups in total. The van der Waals surface area contributed by atoms with Crippen molar-refractivity contribution < 1.29 is 8.42 Å². The van der Waals surface area contributed by atoms with E-state index < -0.39 is 10.0 Å². The molecule has 1 aromatic rings. The van der Waals surface area contributed by atoms with Gasteiger partial charge in [-0.3, -0.25) is 0 Å². The van der Waals surface area contributed by atoms with Crippen LogP contribution < -0.4 is 0 Å². The Kier molecular flexibility index (Phi) is 6.04. The minimum Gasteiger partial charge on any atom is -0.212 e. The fourth-order valence-corrected chi connectivity index (χ4v) is 4.99. The summed E-state index contributed by atoms with van der Waals surface area (Å²) < 4.78 is 27.3. The Morgan fingerprint density at radius 2 is 1.95 bits per heavy atom. The van der Waals surface area contributed by atoms with Gasteiger partial charge < -0.3 is 0 Å². The number of hydrogen-bond acceptors (Lipinski definition) is 2. The molecule has 2 rings (SSSR count). The summed E-state index contributed by atoms with van der Waals surface area (Å²) in [5.41, 5.74) is 2.48. The van der Waals surface area contributed by atoms with Crippen molar-refractivity contribution in [2.75, 3.05) is 7.05 Å². The van der Waals surface area contributed by atoms with E-state index >= 15 is 0 Å². The zero-order valence-corrected chi connectivity index (χ0v) is 14.9. The maximum atomic E-state index is 12.8. The standard InChI is InChI=1S/C18H29NO2S/c1-4-5-6-7-10-15(2)22(20,21)19(3)18-14-13-16-11-8-9-12-17(16)18/h8-9,11-12,15,18H,4-7,10,13-14H2,1-3H3. The first-order valence-electron chi connectivity index (χ1n) is 8.53. The van der Waals surface area contributed by atoms with E-state index in [9.17, 15) is 8.42 Å². The van der Waals surface area contributed by atoms with Crippen molar-refractivity contribution in [2.24, 2.45) is 0 Å². The molecule has 0 saturated carbocycles. The van der Waals surface area contributed by atoms with E-state index in [1.54, 1.807) is 11.4 Å². The third kappa shape index (κ3) is 3.72. The highest BCUT2D eigenvalue weighted by Gasteiger charge is 2.35. The number of hydrogen-bond donors (Lipinski definition) is 0. The molecular formula is C18H29NO2S. The van der Waals surface area contributed by atoms with Gasteiger partial charge in [-0.2, -0.15) is 4.31 Å². The Hall–Kier alpha value is -0.870. The molecule has 124 valence electrons. The van der Waals surface area contributed by atoms with Crippen LogP contribution in [-0.4, -0.2) is 25.0 Å². The van der Waals surface area contributed by atoms with Crippen LogP contribution in [0.25, 0.3) is 0 Å². The number of nitrogens with zero attached hydrogens (tertiary/aromatic N) is 1. The molecule has 0 amide bonds. The molecule has 0 aliphatic heterocycles. The van der Waals surface area contributed by atoms with E-state index in [1.165, 1.54) is 24.0 Å². The molecule has 0 radical (unpaired) electrons. The fraction of sp³-hybridized carbons (Fsp3) is 0.667. The highest BCUT2D eigenvalue weighted by atomic mass is 32.2. The van der Waals surface area contributed by atoms with Crippen molar-refractivity contribution in [1.82, 2.24) is 4.31 Å². The second-order valence-corrected chi connectivity index (χ2v) is 8.89. The lowest BCUT2D eigenvalue weighted by Gasteiger charge is -2.28.